The van der Waals surface area contributed by atoms with Crippen molar-refractivity contribution in [1.29, 1.82) is 0 Å². The highest BCUT2D eigenvalue weighted by Gasteiger charge is 2.15. The molecular formula is C18H18ClN3OS2. The summed E-state index contributed by atoms with van der Waals surface area (Å²) in [6.45, 7) is 5.05. The first-order chi connectivity index (χ1) is 12.1. The first-order valence-electron chi connectivity index (χ1n) is 7.75. The fourth-order valence-electron chi connectivity index (χ4n) is 2.46. The van der Waals surface area contributed by atoms with Gasteiger partial charge in [0.25, 0.3) is 0 Å². The lowest BCUT2D eigenvalue weighted by atomic mass is 10.3. The lowest BCUT2D eigenvalue weighted by Crippen LogP contribution is -2.27. The standard InChI is InChI=1S/C18H18ClN3OS2/c1-3-10-22-15-7-5-4-6-14(15)20-18(22)24-12-17(23)21(2)11-13-8-9-16(19)25-13/h3-9H,1,10-12H2,2H3. The van der Waals surface area contributed by atoms with Crippen molar-refractivity contribution in [3.63, 3.8) is 0 Å². The molecule has 0 aliphatic rings. The summed E-state index contributed by atoms with van der Waals surface area (Å²) in [5.41, 5.74) is 1.99. The monoisotopic (exact) mass is 391 g/mol. The van der Waals surface area contributed by atoms with Gasteiger partial charge < -0.3 is 9.47 Å². The Balaban J connectivity index is 1.68. The number of aromatic nitrogens is 2. The topological polar surface area (TPSA) is 38.1 Å². The predicted molar refractivity (Wildman–Crippen MR) is 106 cm³/mol. The van der Waals surface area contributed by atoms with Crippen LogP contribution in [0.3, 0.4) is 0 Å². The Morgan fingerprint density at radius 3 is 2.92 bits per heavy atom. The number of benzene rings is 1. The van der Waals surface area contributed by atoms with E-state index in [-0.39, 0.29) is 5.91 Å². The number of hydrogen-bond acceptors (Lipinski definition) is 4. The number of halogens is 1. The van der Waals surface area contributed by atoms with E-state index in [1.54, 1.807) is 4.90 Å². The molecule has 0 spiro atoms. The molecule has 7 heteroatoms. The van der Waals surface area contributed by atoms with E-state index in [1.807, 2.05) is 49.5 Å². The molecule has 130 valence electrons. The van der Waals surface area contributed by atoms with E-state index in [4.69, 9.17) is 11.6 Å². The summed E-state index contributed by atoms with van der Waals surface area (Å²) in [6.07, 6.45) is 1.84. The fourth-order valence-corrected chi connectivity index (χ4v) is 4.57. The summed E-state index contributed by atoms with van der Waals surface area (Å²) >= 11 is 8.89. The lowest BCUT2D eigenvalue weighted by Gasteiger charge is -2.16. The summed E-state index contributed by atoms with van der Waals surface area (Å²) < 4.78 is 2.82. The van der Waals surface area contributed by atoms with E-state index >= 15 is 0 Å². The van der Waals surface area contributed by atoms with Crippen molar-refractivity contribution in [2.75, 3.05) is 12.8 Å². The predicted octanol–water partition coefficient (Wildman–Crippen LogP) is 4.69. The molecule has 1 aromatic carbocycles. The molecule has 0 bridgehead atoms. The highest BCUT2D eigenvalue weighted by Crippen LogP contribution is 2.25. The van der Waals surface area contributed by atoms with Gasteiger partial charge in [-0.2, -0.15) is 0 Å². The van der Waals surface area contributed by atoms with E-state index in [1.165, 1.54) is 23.1 Å². The van der Waals surface area contributed by atoms with Crippen LogP contribution < -0.4 is 0 Å². The fraction of sp³-hybridized carbons (Fsp3) is 0.222. The van der Waals surface area contributed by atoms with Crippen molar-refractivity contribution >= 4 is 51.6 Å². The first kappa shape index (κ1) is 18.0. The van der Waals surface area contributed by atoms with Gasteiger partial charge in [0.2, 0.25) is 5.91 Å². The first-order valence-corrected chi connectivity index (χ1v) is 9.93. The summed E-state index contributed by atoms with van der Waals surface area (Å²) in [5.74, 6) is 0.405. The Bertz CT molecular complexity index is 903. The van der Waals surface area contributed by atoms with E-state index in [0.717, 1.165) is 25.4 Å². The van der Waals surface area contributed by atoms with Crippen LogP contribution in [-0.2, 0) is 17.9 Å². The number of thiophene rings is 1. The number of carbonyl (C=O) groups excluding carboxylic acids is 1. The summed E-state index contributed by atoms with van der Waals surface area (Å²) in [7, 11) is 1.81. The molecule has 1 amide bonds. The number of hydrogen-bond donors (Lipinski definition) is 0. The molecule has 0 radical (unpaired) electrons. The van der Waals surface area contributed by atoms with Crippen molar-refractivity contribution < 1.29 is 4.79 Å². The molecule has 0 N–H and O–H groups in total. The lowest BCUT2D eigenvalue weighted by molar-refractivity contribution is -0.127. The smallest absolute Gasteiger partial charge is 0.233 e. The van der Waals surface area contributed by atoms with Crippen molar-refractivity contribution in [3.05, 3.63) is 58.3 Å². The maximum atomic E-state index is 12.4. The summed E-state index contributed by atoms with van der Waals surface area (Å²) in [5, 5.41) is 0.835. The average molecular weight is 392 g/mol. The average Bonchev–Trinajstić information content (AvgIpc) is 3.17. The Morgan fingerprint density at radius 1 is 1.40 bits per heavy atom. The molecular weight excluding hydrogens is 374 g/mol. The van der Waals surface area contributed by atoms with Gasteiger partial charge in [0.15, 0.2) is 5.16 Å². The Hall–Kier alpha value is -1.76. The van der Waals surface area contributed by atoms with Gasteiger partial charge in [-0.05, 0) is 24.3 Å². The number of amides is 1. The number of nitrogens with zero attached hydrogens (tertiary/aromatic N) is 3. The molecule has 0 atom stereocenters. The van der Waals surface area contributed by atoms with Crippen LogP contribution in [0.1, 0.15) is 4.88 Å². The highest BCUT2D eigenvalue weighted by molar-refractivity contribution is 7.99. The Kier molecular flexibility index (Phi) is 5.83. The van der Waals surface area contributed by atoms with E-state index in [2.05, 4.69) is 16.1 Å². The van der Waals surface area contributed by atoms with E-state index in [0.29, 0.717) is 18.8 Å². The third-order valence-corrected chi connectivity index (χ3v) is 5.88. The zero-order valence-electron chi connectivity index (χ0n) is 13.8. The van der Waals surface area contributed by atoms with Gasteiger partial charge in [0.1, 0.15) is 0 Å². The minimum atomic E-state index is 0.0618. The number of fused-ring (bicyclic) bond motifs is 1. The van der Waals surface area contributed by atoms with Crippen LogP contribution in [0.15, 0.2) is 54.2 Å². The molecule has 2 heterocycles. The molecule has 4 nitrogen and oxygen atoms in total. The second-order valence-corrected chi connectivity index (χ2v) is 8.27. The number of allylic oxidation sites excluding steroid dienone is 1. The number of thioether (sulfide) groups is 1. The Morgan fingerprint density at radius 2 is 2.20 bits per heavy atom. The van der Waals surface area contributed by atoms with Gasteiger partial charge >= 0.3 is 0 Å². The third kappa shape index (κ3) is 4.26. The van der Waals surface area contributed by atoms with Crippen LogP contribution >= 0.6 is 34.7 Å². The molecule has 0 saturated carbocycles. The van der Waals surface area contributed by atoms with Crippen LogP contribution in [0.2, 0.25) is 4.34 Å². The van der Waals surface area contributed by atoms with Gasteiger partial charge in [-0.1, -0.05) is 41.6 Å². The molecule has 25 heavy (non-hydrogen) atoms. The molecule has 3 aromatic rings. The van der Waals surface area contributed by atoms with Crippen molar-refractivity contribution in [2.45, 2.75) is 18.2 Å². The molecule has 0 unspecified atom stereocenters. The number of carbonyl (C=O) groups is 1. The van der Waals surface area contributed by atoms with Crippen molar-refractivity contribution in [2.24, 2.45) is 0 Å². The van der Waals surface area contributed by atoms with Gasteiger partial charge in [-0.25, -0.2) is 4.98 Å². The van der Waals surface area contributed by atoms with Gasteiger partial charge in [0, 0.05) is 18.5 Å². The zero-order valence-corrected chi connectivity index (χ0v) is 16.2. The summed E-state index contributed by atoms with van der Waals surface area (Å²) in [4.78, 5) is 19.9. The maximum Gasteiger partial charge on any atom is 0.233 e. The van der Waals surface area contributed by atoms with Crippen LogP contribution in [0.5, 0.6) is 0 Å². The number of rotatable bonds is 7. The minimum absolute atomic E-state index is 0.0618. The minimum Gasteiger partial charge on any atom is -0.340 e. The normalized spacial score (nSPS) is 11.0. The molecule has 0 saturated heterocycles. The SMILES string of the molecule is C=CCn1c(SCC(=O)N(C)Cc2ccc(Cl)s2)nc2ccccc21. The van der Waals surface area contributed by atoms with Crippen molar-refractivity contribution in [1.82, 2.24) is 14.5 Å². The molecule has 0 fully saturated rings. The molecule has 2 aromatic heterocycles. The van der Waals surface area contributed by atoms with Crippen LogP contribution in [0, 0.1) is 0 Å². The largest absolute Gasteiger partial charge is 0.340 e. The van der Waals surface area contributed by atoms with E-state index in [9.17, 15) is 4.79 Å². The maximum absolute atomic E-state index is 12.4. The highest BCUT2D eigenvalue weighted by atomic mass is 35.5. The third-order valence-electron chi connectivity index (χ3n) is 3.70. The Labute approximate surface area is 160 Å². The van der Waals surface area contributed by atoms with Crippen molar-refractivity contribution in [3.8, 4) is 0 Å². The number of para-hydroxylation sites is 2. The van der Waals surface area contributed by atoms with E-state index < -0.39 is 0 Å². The van der Waals surface area contributed by atoms with Crippen LogP contribution in [0.4, 0.5) is 0 Å². The summed E-state index contributed by atoms with van der Waals surface area (Å²) in [6, 6.07) is 11.8. The quantitative estimate of drug-likeness (QED) is 0.433. The zero-order chi connectivity index (χ0) is 17.8. The van der Waals surface area contributed by atoms with Gasteiger partial charge in [-0.15, -0.1) is 17.9 Å². The van der Waals surface area contributed by atoms with Gasteiger partial charge in [-0.3, -0.25) is 4.79 Å². The molecule has 3 rings (SSSR count). The number of imidazole rings is 1. The van der Waals surface area contributed by atoms with Gasteiger partial charge in [0.05, 0.1) is 27.7 Å². The van der Waals surface area contributed by atoms with Crippen LogP contribution in [0.25, 0.3) is 11.0 Å². The second kappa shape index (κ2) is 8.08. The van der Waals surface area contributed by atoms with Crippen LogP contribution in [-0.4, -0.2) is 33.2 Å². The molecule has 0 aliphatic carbocycles. The second-order valence-electron chi connectivity index (χ2n) is 5.53. The molecule has 0 aliphatic heterocycles.